The van der Waals surface area contributed by atoms with Crippen LogP contribution in [-0.2, 0) is 5.54 Å². The summed E-state index contributed by atoms with van der Waals surface area (Å²) < 4.78 is 0. The lowest BCUT2D eigenvalue weighted by Gasteiger charge is -2.37. The Balaban J connectivity index is 2.01. The number of nitrogens with one attached hydrogen (secondary N) is 2. The summed E-state index contributed by atoms with van der Waals surface area (Å²) in [5.41, 5.74) is 2.24. The van der Waals surface area contributed by atoms with Gasteiger partial charge >= 0.3 is 5.97 Å². The number of hydrogen-bond donors (Lipinski definition) is 3. The molecule has 3 N–H and O–H groups in total. The molecule has 0 aliphatic heterocycles. The highest BCUT2D eigenvalue weighted by Gasteiger charge is 2.37. The lowest BCUT2D eigenvalue weighted by Crippen LogP contribution is -2.38. The quantitative estimate of drug-likeness (QED) is 0.437. The van der Waals surface area contributed by atoms with Gasteiger partial charge < -0.3 is 10.4 Å². The lowest BCUT2D eigenvalue weighted by molar-refractivity contribution is 0.0698. The summed E-state index contributed by atoms with van der Waals surface area (Å²) in [6, 6.07) is 29.9. The van der Waals surface area contributed by atoms with Crippen LogP contribution in [0.3, 0.4) is 0 Å². The molecule has 138 valence electrons. The summed E-state index contributed by atoms with van der Waals surface area (Å²) in [6.07, 6.45) is 1.32. The minimum atomic E-state index is -1.04. The summed E-state index contributed by atoms with van der Waals surface area (Å²) in [6.45, 7) is 0. The van der Waals surface area contributed by atoms with Crippen LogP contribution in [0.15, 0.2) is 97.2 Å². The molecule has 1 aromatic heterocycles. The fourth-order valence-electron chi connectivity index (χ4n) is 3.51. The van der Waals surface area contributed by atoms with Gasteiger partial charge in [-0.2, -0.15) is 5.10 Å². The second kappa shape index (κ2) is 7.40. The second-order valence-corrected chi connectivity index (χ2v) is 6.44. The van der Waals surface area contributed by atoms with Crippen LogP contribution in [0, 0.1) is 0 Å². The van der Waals surface area contributed by atoms with E-state index >= 15 is 0 Å². The van der Waals surface area contributed by atoms with Crippen LogP contribution in [0.5, 0.6) is 0 Å². The van der Waals surface area contributed by atoms with Gasteiger partial charge in [0.1, 0.15) is 16.9 Å². The van der Waals surface area contributed by atoms with Crippen LogP contribution in [0.1, 0.15) is 27.0 Å². The van der Waals surface area contributed by atoms with Crippen molar-refractivity contribution in [3.8, 4) is 0 Å². The number of carboxylic acids is 1. The van der Waals surface area contributed by atoms with Gasteiger partial charge in [0.05, 0.1) is 6.20 Å². The number of hydrogen-bond acceptors (Lipinski definition) is 3. The summed E-state index contributed by atoms with van der Waals surface area (Å²) in [7, 11) is 0. The molecule has 4 aromatic rings. The largest absolute Gasteiger partial charge is 0.477 e. The zero-order valence-electron chi connectivity index (χ0n) is 15.0. The molecular formula is C23H19N3O2. The average Bonchev–Trinajstić information content (AvgIpc) is 3.22. The first kappa shape index (κ1) is 17.5. The van der Waals surface area contributed by atoms with E-state index in [0.717, 1.165) is 16.7 Å². The van der Waals surface area contributed by atoms with Crippen molar-refractivity contribution >= 4 is 11.8 Å². The number of H-pyrrole nitrogens is 1. The van der Waals surface area contributed by atoms with Crippen LogP contribution in [0.2, 0.25) is 0 Å². The van der Waals surface area contributed by atoms with Crippen LogP contribution in [0.4, 0.5) is 5.82 Å². The number of aromatic nitrogens is 2. The first-order valence-corrected chi connectivity index (χ1v) is 8.93. The third kappa shape index (κ3) is 3.03. The Kier molecular flexibility index (Phi) is 4.64. The van der Waals surface area contributed by atoms with Gasteiger partial charge in [-0.05, 0) is 16.7 Å². The normalized spacial score (nSPS) is 11.1. The Labute approximate surface area is 162 Å². The van der Waals surface area contributed by atoms with E-state index in [4.69, 9.17) is 0 Å². The number of rotatable bonds is 6. The number of aromatic carboxylic acids is 1. The minimum absolute atomic E-state index is 0.0900. The van der Waals surface area contributed by atoms with Crippen molar-refractivity contribution in [3.05, 3.63) is 119 Å². The molecule has 0 saturated carbocycles. The van der Waals surface area contributed by atoms with E-state index in [9.17, 15) is 9.90 Å². The monoisotopic (exact) mass is 369 g/mol. The molecule has 0 saturated heterocycles. The maximum absolute atomic E-state index is 11.7. The third-order valence-electron chi connectivity index (χ3n) is 4.80. The first-order valence-electron chi connectivity index (χ1n) is 8.93. The highest BCUT2D eigenvalue weighted by atomic mass is 16.4. The van der Waals surface area contributed by atoms with E-state index < -0.39 is 11.5 Å². The molecule has 5 heteroatoms. The van der Waals surface area contributed by atoms with Gasteiger partial charge in [-0.3, -0.25) is 5.10 Å². The van der Waals surface area contributed by atoms with Gasteiger partial charge in [0, 0.05) is 0 Å². The van der Waals surface area contributed by atoms with Crippen molar-refractivity contribution in [2.45, 2.75) is 5.54 Å². The number of benzene rings is 3. The van der Waals surface area contributed by atoms with Gasteiger partial charge in [0.25, 0.3) is 0 Å². The van der Waals surface area contributed by atoms with E-state index in [1.807, 2.05) is 91.0 Å². The second-order valence-electron chi connectivity index (χ2n) is 6.44. The molecule has 0 bridgehead atoms. The van der Waals surface area contributed by atoms with Crippen molar-refractivity contribution < 1.29 is 9.90 Å². The topological polar surface area (TPSA) is 78.0 Å². The standard InChI is InChI=1S/C23H19N3O2/c27-22(28)20-16-24-26-21(20)25-23(17-10-4-1-5-11-17,18-12-6-2-7-13-18)19-14-8-3-9-15-19/h1-16H,(H,27,28)(H2,24,25,26). The Hall–Kier alpha value is -3.86. The molecule has 0 spiro atoms. The molecular weight excluding hydrogens is 350 g/mol. The molecule has 0 aliphatic carbocycles. The number of nitrogens with zero attached hydrogens (tertiary/aromatic N) is 1. The zero-order valence-corrected chi connectivity index (χ0v) is 15.0. The molecule has 1 heterocycles. The molecule has 0 radical (unpaired) electrons. The smallest absolute Gasteiger partial charge is 0.341 e. The molecule has 3 aromatic carbocycles. The molecule has 0 amide bonds. The van der Waals surface area contributed by atoms with Crippen LogP contribution in [0.25, 0.3) is 0 Å². The van der Waals surface area contributed by atoms with Crippen molar-refractivity contribution in [2.75, 3.05) is 5.32 Å². The molecule has 0 fully saturated rings. The summed E-state index contributed by atoms with van der Waals surface area (Å²) in [4.78, 5) is 11.7. The van der Waals surface area contributed by atoms with E-state index in [1.165, 1.54) is 6.20 Å². The minimum Gasteiger partial charge on any atom is -0.477 e. The first-order chi connectivity index (χ1) is 13.7. The Morgan fingerprint density at radius 1 is 0.786 bits per heavy atom. The van der Waals surface area contributed by atoms with Crippen LogP contribution >= 0.6 is 0 Å². The van der Waals surface area contributed by atoms with E-state index in [1.54, 1.807) is 0 Å². The zero-order chi connectivity index (χ0) is 19.4. The van der Waals surface area contributed by atoms with Crippen LogP contribution < -0.4 is 5.32 Å². The third-order valence-corrected chi connectivity index (χ3v) is 4.80. The predicted octanol–water partition coefficient (Wildman–Crippen LogP) is 4.51. The lowest BCUT2D eigenvalue weighted by atomic mass is 9.77. The maximum atomic E-state index is 11.7. The fourth-order valence-corrected chi connectivity index (χ4v) is 3.51. The molecule has 4 rings (SSSR count). The van der Waals surface area contributed by atoms with Gasteiger partial charge in [-0.25, -0.2) is 4.79 Å². The molecule has 28 heavy (non-hydrogen) atoms. The van der Waals surface area contributed by atoms with Gasteiger partial charge in [0.15, 0.2) is 0 Å². The van der Waals surface area contributed by atoms with Crippen molar-refractivity contribution in [1.82, 2.24) is 10.2 Å². The van der Waals surface area contributed by atoms with Gasteiger partial charge in [-0.1, -0.05) is 91.0 Å². The van der Waals surface area contributed by atoms with Gasteiger partial charge in [-0.15, -0.1) is 0 Å². The number of carboxylic acid groups (broad SMARTS) is 1. The molecule has 5 nitrogen and oxygen atoms in total. The summed E-state index contributed by atoms with van der Waals surface area (Å²) >= 11 is 0. The molecule has 0 atom stereocenters. The Morgan fingerprint density at radius 2 is 1.21 bits per heavy atom. The van der Waals surface area contributed by atoms with E-state index in [0.29, 0.717) is 5.82 Å². The Bertz CT molecular complexity index is 964. The highest BCUT2D eigenvalue weighted by molar-refractivity contribution is 5.93. The van der Waals surface area contributed by atoms with Crippen LogP contribution in [-0.4, -0.2) is 21.3 Å². The van der Waals surface area contributed by atoms with E-state index in [-0.39, 0.29) is 5.56 Å². The number of carbonyl (C=O) groups is 1. The maximum Gasteiger partial charge on any atom is 0.341 e. The number of aromatic amines is 1. The average molecular weight is 369 g/mol. The van der Waals surface area contributed by atoms with Crippen molar-refractivity contribution in [3.63, 3.8) is 0 Å². The number of anilines is 1. The van der Waals surface area contributed by atoms with Gasteiger partial charge in [0.2, 0.25) is 0 Å². The fraction of sp³-hybridized carbons (Fsp3) is 0.0435. The Morgan fingerprint density at radius 3 is 1.61 bits per heavy atom. The molecule has 0 unspecified atom stereocenters. The summed E-state index contributed by atoms with van der Waals surface area (Å²) in [5, 5.41) is 19.8. The highest BCUT2D eigenvalue weighted by Crippen LogP contribution is 2.40. The van der Waals surface area contributed by atoms with Crippen molar-refractivity contribution in [2.24, 2.45) is 0 Å². The van der Waals surface area contributed by atoms with Crippen molar-refractivity contribution in [1.29, 1.82) is 0 Å². The SMILES string of the molecule is O=C(O)c1cn[nH]c1NC(c1ccccc1)(c1ccccc1)c1ccccc1. The van der Waals surface area contributed by atoms with E-state index in [2.05, 4.69) is 15.5 Å². The molecule has 0 aliphatic rings. The predicted molar refractivity (Wildman–Crippen MR) is 108 cm³/mol. The summed E-state index contributed by atoms with van der Waals surface area (Å²) in [5.74, 6) is -0.691.